The molecule has 1 aliphatic carbocycles. The first-order valence-electron chi connectivity index (χ1n) is 7.71. The second-order valence-corrected chi connectivity index (χ2v) is 6.47. The lowest BCUT2D eigenvalue weighted by atomic mass is 9.73. The van der Waals surface area contributed by atoms with Gasteiger partial charge in [-0.05, 0) is 37.2 Å². The average Bonchev–Trinajstić information content (AvgIpc) is 2.87. The summed E-state index contributed by atoms with van der Waals surface area (Å²) in [6, 6.07) is 8.26. The van der Waals surface area contributed by atoms with E-state index in [0.29, 0.717) is 11.7 Å². The van der Waals surface area contributed by atoms with E-state index >= 15 is 0 Å². The molecule has 0 unspecified atom stereocenters. The molecular formula is C18H26O. The van der Waals surface area contributed by atoms with Crippen LogP contribution in [0.5, 0.6) is 0 Å². The molecule has 1 aromatic rings. The van der Waals surface area contributed by atoms with Crippen LogP contribution < -0.4 is 0 Å². The van der Waals surface area contributed by atoms with E-state index in [2.05, 4.69) is 32.9 Å². The third-order valence-corrected chi connectivity index (χ3v) is 4.47. The summed E-state index contributed by atoms with van der Waals surface area (Å²) in [6.45, 7) is 6.61. The van der Waals surface area contributed by atoms with Gasteiger partial charge in [-0.15, -0.1) is 0 Å². The molecule has 0 N–H and O–H groups in total. The molecule has 1 aliphatic rings. The highest BCUT2D eigenvalue weighted by Crippen LogP contribution is 2.45. The fourth-order valence-corrected chi connectivity index (χ4v) is 3.56. The quantitative estimate of drug-likeness (QED) is 0.676. The minimum Gasteiger partial charge on any atom is -0.294 e. The topological polar surface area (TPSA) is 17.1 Å². The maximum absolute atomic E-state index is 12.9. The van der Waals surface area contributed by atoms with Gasteiger partial charge in [-0.2, -0.15) is 0 Å². The van der Waals surface area contributed by atoms with Gasteiger partial charge in [0.1, 0.15) is 0 Å². The first-order chi connectivity index (χ1) is 9.07. The normalized spacial score (nSPS) is 17.9. The molecule has 1 fully saturated rings. The molecule has 1 saturated carbocycles. The summed E-state index contributed by atoms with van der Waals surface area (Å²) in [5.41, 5.74) is 2.16. The Morgan fingerprint density at radius 3 is 2.21 bits per heavy atom. The molecule has 104 valence electrons. The Labute approximate surface area is 117 Å². The van der Waals surface area contributed by atoms with Gasteiger partial charge in [-0.3, -0.25) is 4.79 Å². The molecule has 0 amide bonds. The van der Waals surface area contributed by atoms with E-state index in [9.17, 15) is 4.79 Å². The van der Waals surface area contributed by atoms with Gasteiger partial charge in [-0.1, -0.05) is 57.9 Å². The summed E-state index contributed by atoms with van der Waals surface area (Å²) >= 11 is 0. The van der Waals surface area contributed by atoms with Gasteiger partial charge in [0, 0.05) is 11.0 Å². The zero-order valence-corrected chi connectivity index (χ0v) is 12.5. The van der Waals surface area contributed by atoms with Gasteiger partial charge < -0.3 is 0 Å². The predicted octanol–water partition coefficient (Wildman–Crippen LogP) is 5.04. The number of ketones is 1. The Kier molecular flexibility index (Phi) is 4.44. The van der Waals surface area contributed by atoms with Crippen molar-refractivity contribution >= 4 is 5.78 Å². The fourth-order valence-electron chi connectivity index (χ4n) is 3.56. The molecule has 0 aliphatic heterocycles. The second kappa shape index (κ2) is 5.90. The third kappa shape index (κ3) is 3.08. The fraction of sp³-hybridized carbons (Fsp3) is 0.611. The molecule has 0 atom stereocenters. The number of hydrogen-bond acceptors (Lipinski definition) is 1. The minimum atomic E-state index is -0.0676. The number of rotatable bonds is 5. The van der Waals surface area contributed by atoms with Crippen LogP contribution in [0.3, 0.4) is 0 Å². The second-order valence-electron chi connectivity index (χ2n) is 6.47. The average molecular weight is 258 g/mol. The third-order valence-electron chi connectivity index (χ3n) is 4.47. The molecule has 0 bridgehead atoms. The van der Waals surface area contributed by atoms with Crippen LogP contribution in [0, 0.1) is 11.3 Å². The van der Waals surface area contributed by atoms with Crippen molar-refractivity contribution in [3.8, 4) is 0 Å². The van der Waals surface area contributed by atoms with Gasteiger partial charge in [0.2, 0.25) is 0 Å². The molecule has 1 aromatic carbocycles. The monoisotopic (exact) mass is 258 g/mol. The molecule has 0 radical (unpaired) electrons. The van der Waals surface area contributed by atoms with Crippen molar-refractivity contribution in [3.63, 3.8) is 0 Å². The van der Waals surface area contributed by atoms with Crippen molar-refractivity contribution in [1.82, 2.24) is 0 Å². The van der Waals surface area contributed by atoms with E-state index in [1.54, 1.807) is 0 Å². The van der Waals surface area contributed by atoms with E-state index in [4.69, 9.17) is 0 Å². The van der Waals surface area contributed by atoms with E-state index in [-0.39, 0.29) is 5.41 Å². The van der Waals surface area contributed by atoms with Crippen molar-refractivity contribution in [1.29, 1.82) is 0 Å². The summed E-state index contributed by atoms with van der Waals surface area (Å²) in [6.07, 6.45) is 6.67. The zero-order chi connectivity index (χ0) is 13.9. The smallest absolute Gasteiger partial charge is 0.169 e. The van der Waals surface area contributed by atoms with Crippen molar-refractivity contribution < 1.29 is 4.79 Å². The van der Waals surface area contributed by atoms with Crippen LogP contribution in [0.4, 0.5) is 0 Å². The lowest BCUT2D eigenvalue weighted by Gasteiger charge is -2.29. The molecule has 0 saturated heterocycles. The summed E-state index contributed by atoms with van der Waals surface area (Å²) < 4.78 is 0. The molecule has 1 nitrogen and oxygen atoms in total. The Bertz CT molecular complexity index is 422. The standard InChI is InChI=1S/C18H26O/c1-4-15-7-9-16(10-8-15)17(19)18(13-14(2)3)11-5-6-12-18/h7-10,14H,4-6,11-13H2,1-3H3. The number of hydrogen-bond donors (Lipinski definition) is 0. The summed E-state index contributed by atoms with van der Waals surface area (Å²) in [5, 5.41) is 0. The lowest BCUT2D eigenvalue weighted by Crippen LogP contribution is -2.29. The lowest BCUT2D eigenvalue weighted by molar-refractivity contribution is 0.0760. The minimum absolute atomic E-state index is 0.0676. The number of carbonyl (C=O) groups excluding carboxylic acids is 1. The van der Waals surface area contributed by atoms with Crippen LogP contribution in [0.2, 0.25) is 0 Å². The van der Waals surface area contributed by atoms with Gasteiger partial charge >= 0.3 is 0 Å². The number of aryl methyl sites for hydroxylation is 1. The van der Waals surface area contributed by atoms with E-state index in [0.717, 1.165) is 31.2 Å². The van der Waals surface area contributed by atoms with Gasteiger partial charge in [0.25, 0.3) is 0 Å². The van der Waals surface area contributed by atoms with Crippen LogP contribution in [-0.2, 0) is 6.42 Å². The molecule has 0 heterocycles. The maximum atomic E-state index is 12.9. The van der Waals surface area contributed by atoms with Crippen LogP contribution in [-0.4, -0.2) is 5.78 Å². The summed E-state index contributed by atoms with van der Waals surface area (Å²) in [4.78, 5) is 12.9. The van der Waals surface area contributed by atoms with Crippen molar-refractivity contribution in [2.75, 3.05) is 0 Å². The zero-order valence-electron chi connectivity index (χ0n) is 12.5. The molecule has 0 spiro atoms. The first-order valence-corrected chi connectivity index (χ1v) is 7.71. The highest BCUT2D eigenvalue weighted by atomic mass is 16.1. The van der Waals surface area contributed by atoms with Crippen molar-refractivity contribution in [3.05, 3.63) is 35.4 Å². The highest BCUT2D eigenvalue weighted by Gasteiger charge is 2.41. The summed E-state index contributed by atoms with van der Waals surface area (Å²) in [7, 11) is 0. The SMILES string of the molecule is CCc1ccc(C(=O)C2(CC(C)C)CCCC2)cc1. The van der Waals surface area contributed by atoms with Crippen LogP contribution >= 0.6 is 0 Å². The Morgan fingerprint density at radius 2 is 1.74 bits per heavy atom. The predicted molar refractivity (Wildman–Crippen MR) is 80.5 cm³/mol. The molecule has 2 rings (SSSR count). The Morgan fingerprint density at radius 1 is 1.16 bits per heavy atom. The summed E-state index contributed by atoms with van der Waals surface area (Å²) in [5.74, 6) is 0.985. The Balaban J connectivity index is 2.23. The van der Waals surface area contributed by atoms with Gasteiger partial charge in [0.05, 0.1) is 0 Å². The molecule has 19 heavy (non-hydrogen) atoms. The van der Waals surface area contributed by atoms with Crippen molar-refractivity contribution in [2.45, 2.75) is 59.3 Å². The van der Waals surface area contributed by atoms with Crippen LogP contribution in [0.1, 0.15) is 68.8 Å². The van der Waals surface area contributed by atoms with E-state index < -0.39 is 0 Å². The van der Waals surface area contributed by atoms with Crippen LogP contribution in [0.15, 0.2) is 24.3 Å². The number of benzene rings is 1. The highest BCUT2D eigenvalue weighted by molar-refractivity contribution is 6.00. The van der Waals surface area contributed by atoms with E-state index in [1.165, 1.54) is 18.4 Å². The van der Waals surface area contributed by atoms with Gasteiger partial charge in [0.15, 0.2) is 5.78 Å². The van der Waals surface area contributed by atoms with Crippen molar-refractivity contribution in [2.24, 2.45) is 11.3 Å². The number of Topliss-reactive ketones (excluding diaryl/α,β-unsaturated/α-hetero) is 1. The molecular weight excluding hydrogens is 232 g/mol. The maximum Gasteiger partial charge on any atom is 0.169 e. The van der Waals surface area contributed by atoms with Gasteiger partial charge in [-0.25, -0.2) is 0 Å². The first kappa shape index (κ1) is 14.3. The largest absolute Gasteiger partial charge is 0.294 e. The Hall–Kier alpha value is -1.11. The van der Waals surface area contributed by atoms with E-state index in [1.807, 2.05) is 12.1 Å². The number of carbonyl (C=O) groups is 1. The molecule has 1 heteroatoms. The van der Waals surface area contributed by atoms with Crippen LogP contribution in [0.25, 0.3) is 0 Å². The molecule has 0 aromatic heterocycles.